The molecule has 1 rings (SSSR count). The highest BCUT2D eigenvalue weighted by Crippen LogP contribution is 2.24. The van der Waals surface area contributed by atoms with Gasteiger partial charge < -0.3 is 10.0 Å². The first-order chi connectivity index (χ1) is 8.97. The smallest absolute Gasteiger partial charge is 0.236 e. The number of carbonyl (C=O) groups is 1. The zero-order valence-corrected chi connectivity index (χ0v) is 12.4. The van der Waals surface area contributed by atoms with Crippen molar-refractivity contribution in [3.8, 4) is 5.75 Å². The Morgan fingerprint density at radius 2 is 1.95 bits per heavy atom. The molecule has 0 aliphatic heterocycles. The Morgan fingerprint density at radius 3 is 2.47 bits per heavy atom. The van der Waals surface area contributed by atoms with Crippen molar-refractivity contribution in [2.45, 2.75) is 20.4 Å². The number of amides is 1. The maximum absolute atomic E-state index is 11.9. The molecule has 0 aliphatic carbocycles. The molecule has 0 heterocycles. The summed E-state index contributed by atoms with van der Waals surface area (Å²) < 4.78 is 0. The van der Waals surface area contributed by atoms with Crippen molar-refractivity contribution < 1.29 is 9.90 Å². The SMILES string of the molecule is CCN(CC)C(=O)CN(C)Cc1ccc(O)c(Cl)c1. The van der Waals surface area contributed by atoms with Crippen LogP contribution >= 0.6 is 11.6 Å². The second-order valence-electron chi connectivity index (χ2n) is 4.52. The molecule has 19 heavy (non-hydrogen) atoms. The van der Waals surface area contributed by atoms with Crippen LogP contribution in [0.15, 0.2) is 18.2 Å². The third-order valence-corrected chi connectivity index (χ3v) is 3.29. The first-order valence-corrected chi connectivity index (χ1v) is 6.79. The summed E-state index contributed by atoms with van der Waals surface area (Å²) in [6.07, 6.45) is 0. The van der Waals surface area contributed by atoms with Gasteiger partial charge in [-0.2, -0.15) is 0 Å². The predicted molar refractivity (Wildman–Crippen MR) is 77.4 cm³/mol. The summed E-state index contributed by atoms with van der Waals surface area (Å²) in [5.41, 5.74) is 0.970. The van der Waals surface area contributed by atoms with Gasteiger partial charge in [0, 0.05) is 19.6 Å². The molecular formula is C14H21ClN2O2. The van der Waals surface area contributed by atoms with E-state index in [4.69, 9.17) is 11.6 Å². The fraction of sp³-hybridized carbons (Fsp3) is 0.500. The minimum absolute atomic E-state index is 0.0762. The van der Waals surface area contributed by atoms with Gasteiger partial charge in [0.15, 0.2) is 0 Å². The monoisotopic (exact) mass is 284 g/mol. The molecule has 0 saturated heterocycles. The predicted octanol–water partition coefficient (Wildman–Crippen LogP) is 2.35. The van der Waals surface area contributed by atoms with E-state index in [1.807, 2.05) is 25.8 Å². The number of hydrogen-bond donors (Lipinski definition) is 1. The van der Waals surface area contributed by atoms with Gasteiger partial charge in [-0.15, -0.1) is 0 Å². The standard InChI is InChI=1S/C14H21ClN2O2/c1-4-17(5-2)14(19)10-16(3)9-11-6-7-13(18)12(15)8-11/h6-8,18H,4-5,9-10H2,1-3H3. The van der Waals surface area contributed by atoms with Gasteiger partial charge in [-0.05, 0) is 38.6 Å². The van der Waals surface area contributed by atoms with Crippen LogP contribution in [0.4, 0.5) is 0 Å². The molecule has 0 radical (unpaired) electrons. The van der Waals surface area contributed by atoms with Crippen molar-refractivity contribution in [1.29, 1.82) is 0 Å². The van der Waals surface area contributed by atoms with Crippen LogP contribution in [0, 0.1) is 0 Å². The van der Waals surface area contributed by atoms with Crippen LogP contribution in [-0.4, -0.2) is 47.5 Å². The first kappa shape index (κ1) is 15.8. The molecule has 106 valence electrons. The third kappa shape index (κ3) is 4.73. The van der Waals surface area contributed by atoms with Crippen LogP contribution in [0.1, 0.15) is 19.4 Å². The van der Waals surface area contributed by atoms with Crippen molar-refractivity contribution in [2.24, 2.45) is 0 Å². The van der Waals surface area contributed by atoms with Gasteiger partial charge in [-0.3, -0.25) is 9.69 Å². The number of rotatable bonds is 6. The van der Waals surface area contributed by atoms with Gasteiger partial charge in [0.1, 0.15) is 5.75 Å². The first-order valence-electron chi connectivity index (χ1n) is 6.41. The highest BCUT2D eigenvalue weighted by Gasteiger charge is 2.12. The maximum Gasteiger partial charge on any atom is 0.236 e. The van der Waals surface area contributed by atoms with E-state index in [-0.39, 0.29) is 11.7 Å². The summed E-state index contributed by atoms with van der Waals surface area (Å²) in [7, 11) is 1.89. The van der Waals surface area contributed by atoms with Crippen LogP contribution in [0.25, 0.3) is 0 Å². The normalized spacial score (nSPS) is 10.8. The molecule has 0 aliphatic rings. The Labute approximate surface area is 119 Å². The lowest BCUT2D eigenvalue weighted by molar-refractivity contribution is -0.131. The van der Waals surface area contributed by atoms with Gasteiger partial charge >= 0.3 is 0 Å². The van der Waals surface area contributed by atoms with Crippen molar-refractivity contribution >= 4 is 17.5 Å². The molecule has 0 bridgehead atoms. The largest absolute Gasteiger partial charge is 0.506 e. The Bertz CT molecular complexity index is 433. The Hall–Kier alpha value is -1.26. The van der Waals surface area contributed by atoms with E-state index < -0.39 is 0 Å². The Morgan fingerprint density at radius 1 is 1.32 bits per heavy atom. The van der Waals surface area contributed by atoms with Crippen LogP contribution in [0.3, 0.4) is 0 Å². The molecule has 1 N–H and O–H groups in total. The summed E-state index contributed by atoms with van der Waals surface area (Å²) in [4.78, 5) is 15.7. The fourth-order valence-corrected chi connectivity index (χ4v) is 2.13. The van der Waals surface area contributed by atoms with Crippen molar-refractivity contribution in [3.63, 3.8) is 0 Å². The topological polar surface area (TPSA) is 43.8 Å². The molecule has 5 heteroatoms. The number of phenols is 1. The van der Waals surface area contributed by atoms with Gasteiger partial charge in [0.05, 0.1) is 11.6 Å². The Balaban J connectivity index is 2.57. The second kappa shape index (κ2) is 7.36. The summed E-state index contributed by atoms with van der Waals surface area (Å²) in [6.45, 7) is 6.40. The summed E-state index contributed by atoms with van der Waals surface area (Å²) in [5.74, 6) is 0.199. The molecule has 4 nitrogen and oxygen atoms in total. The van der Waals surface area contributed by atoms with E-state index in [1.54, 1.807) is 23.1 Å². The minimum Gasteiger partial charge on any atom is -0.506 e. The molecular weight excluding hydrogens is 264 g/mol. The highest BCUT2D eigenvalue weighted by atomic mass is 35.5. The van der Waals surface area contributed by atoms with Crippen molar-refractivity contribution in [2.75, 3.05) is 26.7 Å². The van der Waals surface area contributed by atoms with E-state index in [0.717, 1.165) is 18.7 Å². The number of aromatic hydroxyl groups is 1. The summed E-state index contributed by atoms with van der Waals surface area (Å²) in [6, 6.07) is 5.09. The number of hydrogen-bond acceptors (Lipinski definition) is 3. The van der Waals surface area contributed by atoms with E-state index in [0.29, 0.717) is 18.1 Å². The molecule has 0 spiro atoms. The summed E-state index contributed by atoms with van der Waals surface area (Å²) >= 11 is 5.85. The Kier molecular flexibility index (Phi) is 6.12. The minimum atomic E-state index is 0.0762. The van der Waals surface area contributed by atoms with Gasteiger partial charge in [-0.1, -0.05) is 17.7 Å². The van der Waals surface area contributed by atoms with Crippen LogP contribution < -0.4 is 0 Å². The lowest BCUT2D eigenvalue weighted by atomic mass is 10.2. The number of halogens is 1. The molecule has 0 saturated carbocycles. The van der Waals surface area contributed by atoms with Crippen LogP contribution in [0.5, 0.6) is 5.75 Å². The maximum atomic E-state index is 11.9. The van der Waals surface area contributed by atoms with Gasteiger partial charge in [0.2, 0.25) is 5.91 Å². The molecule has 0 unspecified atom stereocenters. The van der Waals surface area contributed by atoms with E-state index >= 15 is 0 Å². The number of phenolic OH excluding ortho intramolecular Hbond substituents is 1. The van der Waals surface area contributed by atoms with Gasteiger partial charge in [0.25, 0.3) is 0 Å². The van der Waals surface area contributed by atoms with Crippen molar-refractivity contribution in [1.82, 2.24) is 9.80 Å². The van der Waals surface area contributed by atoms with Crippen LogP contribution in [-0.2, 0) is 11.3 Å². The zero-order chi connectivity index (χ0) is 14.4. The number of carbonyl (C=O) groups excluding carboxylic acids is 1. The fourth-order valence-electron chi connectivity index (χ4n) is 1.92. The van der Waals surface area contributed by atoms with E-state index in [2.05, 4.69) is 0 Å². The second-order valence-corrected chi connectivity index (χ2v) is 4.93. The number of benzene rings is 1. The van der Waals surface area contributed by atoms with E-state index in [1.165, 1.54) is 0 Å². The highest BCUT2D eigenvalue weighted by molar-refractivity contribution is 6.32. The molecule has 1 aromatic carbocycles. The summed E-state index contributed by atoms with van der Waals surface area (Å²) in [5, 5.41) is 9.69. The van der Waals surface area contributed by atoms with Gasteiger partial charge in [-0.25, -0.2) is 0 Å². The number of nitrogens with zero attached hydrogens (tertiary/aromatic N) is 2. The quantitative estimate of drug-likeness (QED) is 0.872. The molecule has 0 atom stereocenters. The van der Waals surface area contributed by atoms with E-state index in [9.17, 15) is 9.90 Å². The molecule has 1 aromatic rings. The van der Waals surface area contributed by atoms with Crippen molar-refractivity contribution in [3.05, 3.63) is 28.8 Å². The number of likely N-dealkylation sites (N-methyl/N-ethyl adjacent to an activating group) is 2. The zero-order valence-electron chi connectivity index (χ0n) is 11.7. The van der Waals surface area contributed by atoms with Crippen LogP contribution in [0.2, 0.25) is 5.02 Å². The lowest BCUT2D eigenvalue weighted by Crippen LogP contribution is -2.38. The lowest BCUT2D eigenvalue weighted by Gasteiger charge is -2.23. The third-order valence-electron chi connectivity index (χ3n) is 2.99. The molecule has 1 amide bonds. The molecule has 0 aromatic heterocycles. The molecule has 0 fully saturated rings. The average molecular weight is 285 g/mol. The average Bonchev–Trinajstić information content (AvgIpc) is 2.35.